The van der Waals surface area contributed by atoms with Gasteiger partial charge in [-0.25, -0.2) is 0 Å². The smallest absolute Gasteiger partial charge is 0.186 e. The van der Waals surface area contributed by atoms with E-state index in [1.807, 2.05) is 35.7 Å². The van der Waals surface area contributed by atoms with Crippen LogP contribution in [0.3, 0.4) is 0 Å². The van der Waals surface area contributed by atoms with E-state index >= 15 is 0 Å². The summed E-state index contributed by atoms with van der Waals surface area (Å²) in [5.41, 5.74) is 1.26. The van der Waals surface area contributed by atoms with Crippen LogP contribution in [0.4, 0.5) is 0 Å². The lowest BCUT2D eigenvalue weighted by atomic mass is 9.87. The summed E-state index contributed by atoms with van der Waals surface area (Å²) in [7, 11) is -1.31. The van der Waals surface area contributed by atoms with Crippen molar-refractivity contribution in [3.05, 3.63) is 50.6 Å². The van der Waals surface area contributed by atoms with Gasteiger partial charge in [-0.3, -0.25) is 9.00 Å². The fourth-order valence-electron chi connectivity index (χ4n) is 1.87. The first-order chi connectivity index (χ1) is 9.79. The van der Waals surface area contributed by atoms with Crippen molar-refractivity contribution in [3.8, 4) is 0 Å². The van der Waals surface area contributed by atoms with Gasteiger partial charge in [0.05, 0.1) is 21.4 Å². The molecule has 0 aliphatic carbocycles. The summed E-state index contributed by atoms with van der Waals surface area (Å²) in [6.07, 6.45) is 0. The Balaban J connectivity index is 2.11. The first-order valence-corrected chi connectivity index (χ1v) is 9.53. The van der Waals surface area contributed by atoms with Crippen molar-refractivity contribution in [3.63, 3.8) is 0 Å². The molecule has 112 valence electrons. The molecule has 0 aliphatic heterocycles. The van der Waals surface area contributed by atoms with Crippen LogP contribution in [-0.2, 0) is 16.2 Å². The van der Waals surface area contributed by atoms with Crippen molar-refractivity contribution in [2.45, 2.75) is 31.1 Å². The molecule has 5 heteroatoms. The number of Topliss-reactive ketones (excluding diaryl/α,β-unsaturated/α-hetero) is 1. The number of hydrogen-bond donors (Lipinski definition) is 0. The molecule has 0 amide bonds. The predicted octanol–water partition coefficient (Wildman–Crippen LogP) is 4.80. The van der Waals surface area contributed by atoms with Gasteiger partial charge in [-0.1, -0.05) is 32.9 Å². The van der Waals surface area contributed by atoms with E-state index in [0.29, 0.717) is 9.77 Å². The Morgan fingerprint density at radius 2 is 1.81 bits per heavy atom. The van der Waals surface area contributed by atoms with Crippen LogP contribution in [0.15, 0.2) is 45.1 Å². The van der Waals surface area contributed by atoms with Crippen LogP contribution in [0.1, 0.15) is 36.0 Å². The predicted molar refractivity (Wildman–Crippen MR) is 92.8 cm³/mol. The van der Waals surface area contributed by atoms with Gasteiger partial charge in [0.2, 0.25) is 0 Å². The fraction of sp³-hybridized carbons (Fsp3) is 0.312. The molecule has 1 aromatic heterocycles. The zero-order valence-electron chi connectivity index (χ0n) is 12.2. The standard InChI is InChI=1S/C16H17BrO2S2/c1-16(2,3)11-4-6-12(7-5-11)21(19)10-14(18)15-13(17)8-9-20-15/h4-9H,10H2,1-3H3. The second-order valence-corrected chi connectivity index (χ2v) is 9.01. The molecule has 2 aromatic rings. The third-order valence-electron chi connectivity index (χ3n) is 3.12. The first-order valence-electron chi connectivity index (χ1n) is 6.54. The van der Waals surface area contributed by atoms with E-state index in [1.165, 1.54) is 16.9 Å². The molecule has 21 heavy (non-hydrogen) atoms. The van der Waals surface area contributed by atoms with Gasteiger partial charge in [-0.2, -0.15) is 0 Å². The lowest BCUT2D eigenvalue weighted by Gasteiger charge is -2.19. The number of carbonyl (C=O) groups excluding carboxylic acids is 1. The Morgan fingerprint density at radius 1 is 1.19 bits per heavy atom. The van der Waals surface area contributed by atoms with Gasteiger partial charge in [0.1, 0.15) is 0 Å². The molecule has 0 saturated carbocycles. The molecule has 0 N–H and O–H groups in total. The topological polar surface area (TPSA) is 34.1 Å². The van der Waals surface area contributed by atoms with Crippen molar-refractivity contribution in [2.75, 3.05) is 5.75 Å². The molecule has 1 atom stereocenters. The normalized spacial score (nSPS) is 13.1. The Kier molecular flexibility index (Phi) is 5.17. The zero-order valence-corrected chi connectivity index (χ0v) is 15.4. The molecule has 1 unspecified atom stereocenters. The van der Waals surface area contributed by atoms with Crippen LogP contribution in [0.25, 0.3) is 0 Å². The first kappa shape index (κ1) is 16.6. The number of thiophene rings is 1. The Morgan fingerprint density at radius 3 is 2.29 bits per heavy atom. The fourth-order valence-corrected chi connectivity index (χ4v) is 4.48. The van der Waals surface area contributed by atoms with Crippen molar-refractivity contribution in [1.29, 1.82) is 0 Å². The number of halogens is 1. The summed E-state index contributed by atoms with van der Waals surface area (Å²) in [4.78, 5) is 13.5. The van der Waals surface area contributed by atoms with E-state index in [1.54, 1.807) is 0 Å². The highest BCUT2D eigenvalue weighted by Crippen LogP contribution is 2.25. The minimum absolute atomic E-state index is 0.0218. The zero-order chi connectivity index (χ0) is 15.6. The second-order valence-electron chi connectivity index (χ2n) is 5.79. The van der Waals surface area contributed by atoms with E-state index in [-0.39, 0.29) is 17.0 Å². The van der Waals surface area contributed by atoms with E-state index in [0.717, 1.165) is 4.47 Å². The summed E-state index contributed by atoms with van der Waals surface area (Å²) in [5, 5.41) is 1.85. The molecule has 1 heterocycles. The summed E-state index contributed by atoms with van der Waals surface area (Å²) in [5.74, 6) is -0.0661. The lowest BCUT2D eigenvalue weighted by Crippen LogP contribution is -2.12. The Bertz CT molecular complexity index is 666. The number of carbonyl (C=O) groups is 1. The van der Waals surface area contributed by atoms with E-state index in [2.05, 4.69) is 36.7 Å². The SMILES string of the molecule is CC(C)(C)c1ccc(S(=O)CC(=O)c2sccc2Br)cc1. The van der Waals surface area contributed by atoms with Gasteiger partial charge in [-0.15, -0.1) is 11.3 Å². The molecule has 0 bridgehead atoms. The number of hydrogen-bond acceptors (Lipinski definition) is 3. The van der Waals surface area contributed by atoms with Crippen molar-refractivity contribution in [1.82, 2.24) is 0 Å². The molecule has 0 radical (unpaired) electrons. The summed E-state index contributed by atoms with van der Waals surface area (Å²) >= 11 is 4.70. The molecule has 0 fully saturated rings. The molecule has 1 aromatic carbocycles. The lowest BCUT2D eigenvalue weighted by molar-refractivity contribution is 0.102. The average molecular weight is 385 g/mol. The van der Waals surface area contributed by atoms with Gasteiger partial charge in [0.15, 0.2) is 5.78 Å². The van der Waals surface area contributed by atoms with Crippen LogP contribution in [0, 0.1) is 0 Å². The van der Waals surface area contributed by atoms with Crippen LogP contribution in [0.2, 0.25) is 0 Å². The van der Waals surface area contributed by atoms with Crippen LogP contribution in [0.5, 0.6) is 0 Å². The Labute approximate surface area is 140 Å². The third-order valence-corrected chi connectivity index (χ3v) is 6.32. The van der Waals surface area contributed by atoms with Gasteiger partial charge in [0.25, 0.3) is 0 Å². The van der Waals surface area contributed by atoms with Crippen molar-refractivity contribution >= 4 is 43.8 Å². The van der Waals surface area contributed by atoms with Gasteiger partial charge < -0.3 is 0 Å². The molecular weight excluding hydrogens is 368 g/mol. The van der Waals surface area contributed by atoms with Crippen LogP contribution in [-0.4, -0.2) is 15.7 Å². The molecule has 2 nitrogen and oxygen atoms in total. The van der Waals surface area contributed by atoms with Crippen molar-refractivity contribution < 1.29 is 9.00 Å². The number of benzene rings is 1. The van der Waals surface area contributed by atoms with E-state index in [9.17, 15) is 9.00 Å². The van der Waals surface area contributed by atoms with Gasteiger partial charge in [-0.05, 0) is 50.5 Å². The van der Waals surface area contributed by atoms with E-state index < -0.39 is 10.8 Å². The maximum absolute atomic E-state index is 12.3. The average Bonchev–Trinajstić information content (AvgIpc) is 2.84. The van der Waals surface area contributed by atoms with Gasteiger partial charge in [0, 0.05) is 9.37 Å². The highest BCUT2D eigenvalue weighted by atomic mass is 79.9. The highest BCUT2D eigenvalue weighted by molar-refractivity contribution is 9.10. The Hall–Kier alpha value is -0.780. The second kappa shape index (κ2) is 6.55. The molecule has 0 saturated heterocycles. The van der Waals surface area contributed by atoms with Gasteiger partial charge >= 0.3 is 0 Å². The highest BCUT2D eigenvalue weighted by Gasteiger charge is 2.17. The maximum Gasteiger partial charge on any atom is 0.186 e. The quantitative estimate of drug-likeness (QED) is 0.709. The van der Waals surface area contributed by atoms with Crippen LogP contribution >= 0.6 is 27.3 Å². The summed E-state index contributed by atoms with van der Waals surface area (Å²) < 4.78 is 13.1. The maximum atomic E-state index is 12.3. The third kappa shape index (κ3) is 4.11. The minimum Gasteiger partial charge on any atom is -0.292 e. The summed E-state index contributed by atoms with van der Waals surface area (Å²) in [6.45, 7) is 6.41. The molecule has 0 aliphatic rings. The minimum atomic E-state index is -1.31. The number of ketones is 1. The monoisotopic (exact) mass is 384 g/mol. The molecule has 2 rings (SSSR count). The molecule has 0 spiro atoms. The number of rotatable bonds is 4. The van der Waals surface area contributed by atoms with Crippen molar-refractivity contribution in [2.24, 2.45) is 0 Å². The summed E-state index contributed by atoms with van der Waals surface area (Å²) in [6, 6.07) is 9.51. The van der Waals surface area contributed by atoms with Crippen LogP contribution < -0.4 is 0 Å². The van der Waals surface area contributed by atoms with E-state index in [4.69, 9.17) is 0 Å². The largest absolute Gasteiger partial charge is 0.292 e. The molecular formula is C16H17BrO2S2.